The Morgan fingerprint density at radius 1 is 1.04 bits per heavy atom. The molecule has 5 heteroatoms. The van der Waals surface area contributed by atoms with Crippen molar-refractivity contribution < 1.29 is 4.79 Å². The van der Waals surface area contributed by atoms with Crippen LogP contribution in [0.1, 0.15) is 22.3 Å². The molecule has 0 bridgehead atoms. The summed E-state index contributed by atoms with van der Waals surface area (Å²) in [5.41, 5.74) is 11.6. The molecule has 0 spiro atoms. The van der Waals surface area contributed by atoms with Crippen molar-refractivity contribution in [2.45, 2.75) is 13.8 Å². The summed E-state index contributed by atoms with van der Waals surface area (Å²) in [6.45, 7) is 4.83. The summed E-state index contributed by atoms with van der Waals surface area (Å²) in [4.78, 5) is 14.3. The van der Waals surface area contributed by atoms with Gasteiger partial charge in [-0.3, -0.25) is 4.90 Å². The number of hydrogen-bond acceptors (Lipinski definition) is 3. The highest BCUT2D eigenvalue weighted by Crippen LogP contribution is 2.28. The van der Waals surface area contributed by atoms with E-state index in [9.17, 15) is 4.79 Å². The topological polar surface area (TPSA) is 61.9 Å². The monoisotopic (exact) mass is 322 g/mol. The van der Waals surface area contributed by atoms with E-state index in [2.05, 4.69) is 30.2 Å². The number of urea groups is 1. The summed E-state index contributed by atoms with van der Waals surface area (Å²) in [5.74, 6) is 0. The Bertz CT molecular complexity index is 796. The molecule has 0 unspecified atom stereocenters. The first-order valence-electron chi connectivity index (χ1n) is 8.03. The number of hydrogen-bond donors (Lipinski definition) is 1. The van der Waals surface area contributed by atoms with Crippen LogP contribution in [0.2, 0.25) is 0 Å². The second-order valence-corrected chi connectivity index (χ2v) is 6.09. The smallest absolute Gasteiger partial charge is 0.329 e. The number of anilines is 1. The van der Waals surface area contributed by atoms with Crippen molar-refractivity contribution in [1.29, 1.82) is 0 Å². The third kappa shape index (κ3) is 2.90. The molecule has 2 N–H and O–H groups in total. The van der Waals surface area contributed by atoms with Crippen LogP contribution in [-0.4, -0.2) is 36.9 Å². The van der Waals surface area contributed by atoms with Gasteiger partial charge in [0.15, 0.2) is 0 Å². The van der Waals surface area contributed by atoms with Gasteiger partial charge in [0.2, 0.25) is 0 Å². The highest BCUT2D eigenvalue weighted by molar-refractivity contribution is 6.18. The first-order valence-corrected chi connectivity index (χ1v) is 8.03. The lowest BCUT2D eigenvalue weighted by Crippen LogP contribution is -2.39. The minimum absolute atomic E-state index is 0.173. The average molecular weight is 322 g/mol. The molecule has 0 saturated heterocycles. The molecule has 0 aliphatic carbocycles. The molecule has 0 saturated carbocycles. The van der Waals surface area contributed by atoms with Gasteiger partial charge in [-0.05, 0) is 26.0 Å². The molecule has 1 aliphatic rings. The molecule has 2 amide bonds. The van der Waals surface area contributed by atoms with E-state index >= 15 is 0 Å². The minimum atomic E-state index is -0.173. The summed E-state index contributed by atoms with van der Waals surface area (Å²) < 4.78 is 0. The lowest BCUT2D eigenvalue weighted by Gasteiger charge is -2.22. The van der Waals surface area contributed by atoms with E-state index in [4.69, 9.17) is 5.73 Å². The molecular weight excluding hydrogens is 300 g/mol. The summed E-state index contributed by atoms with van der Waals surface area (Å²) in [6, 6.07) is 14.1. The zero-order valence-electron chi connectivity index (χ0n) is 14.3. The van der Waals surface area contributed by atoms with Gasteiger partial charge < -0.3 is 5.73 Å². The fourth-order valence-electron chi connectivity index (χ4n) is 2.82. The van der Waals surface area contributed by atoms with Crippen molar-refractivity contribution in [1.82, 2.24) is 5.01 Å². The van der Waals surface area contributed by atoms with Gasteiger partial charge in [0.1, 0.15) is 5.71 Å². The van der Waals surface area contributed by atoms with Crippen LogP contribution in [0.4, 0.5) is 10.5 Å². The maximum atomic E-state index is 12.7. The number of amides is 2. The Hall–Kier alpha value is -2.66. The van der Waals surface area contributed by atoms with E-state index in [1.807, 2.05) is 31.2 Å². The molecule has 1 heterocycles. The number of fused-ring (bicyclic) bond motifs is 1. The van der Waals surface area contributed by atoms with Crippen molar-refractivity contribution >= 4 is 17.4 Å². The molecule has 2 aromatic carbocycles. The van der Waals surface area contributed by atoms with E-state index in [1.165, 1.54) is 10.6 Å². The number of aryl methyl sites for hydroxylation is 2. The number of hydrazone groups is 1. The van der Waals surface area contributed by atoms with Gasteiger partial charge >= 0.3 is 6.03 Å². The van der Waals surface area contributed by atoms with Gasteiger partial charge in [0, 0.05) is 24.7 Å². The Kier molecular flexibility index (Phi) is 4.36. The van der Waals surface area contributed by atoms with E-state index in [1.54, 1.807) is 11.9 Å². The van der Waals surface area contributed by atoms with E-state index < -0.39 is 0 Å². The van der Waals surface area contributed by atoms with Gasteiger partial charge in [0.05, 0.1) is 12.2 Å². The molecule has 5 nitrogen and oxygen atoms in total. The van der Waals surface area contributed by atoms with Crippen molar-refractivity contribution in [2.24, 2.45) is 10.8 Å². The van der Waals surface area contributed by atoms with Crippen LogP contribution < -0.4 is 10.6 Å². The largest absolute Gasteiger partial charge is 0.344 e. The second kappa shape index (κ2) is 6.45. The number of carbonyl (C=O) groups excluding carboxylic acids is 1. The van der Waals surface area contributed by atoms with E-state index in [0.717, 1.165) is 28.1 Å². The zero-order valence-corrected chi connectivity index (χ0v) is 14.3. The van der Waals surface area contributed by atoms with Gasteiger partial charge in [-0.1, -0.05) is 41.5 Å². The second-order valence-electron chi connectivity index (χ2n) is 6.09. The van der Waals surface area contributed by atoms with Gasteiger partial charge in [-0.2, -0.15) is 5.10 Å². The summed E-state index contributed by atoms with van der Waals surface area (Å²) in [6.07, 6.45) is 0. The molecule has 0 radical (unpaired) electrons. The van der Waals surface area contributed by atoms with Crippen LogP contribution in [-0.2, 0) is 0 Å². The highest BCUT2D eigenvalue weighted by atomic mass is 16.2. The molecule has 0 fully saturated rings. The van der Waals surface area contributed by atoms with Crippen molar-refractivity contribution in [3.8, 4) is 0 Å². The lowest BCUT2D eigenvalue weighted by molar-refractivity contribution is 0.210. The van der Waals surface area contributed by atoms with Crippen molar-refractivity contribution in [2.75, 3.05) is 25.0 Å². The molecule has 0 atom stereocenters. The predicted octanol–water partition coefficient (Wildman–Crippen LogP) is 2.89. The third-order valence-electron chi connectivity index (χ3n) is 4.16. The Balaban J connectivity index is 2.23. The Morgan fingerprint density at radius 2 is 1.71 bits per heavy atom. The lowest BCUT2D eigenvalue weighted by atomic mass is 9.98. The summed E-state index contributed by atoms with van der Waals surface area (Å²) in [7, 11) is 1.77. The molecule has 0 aromatic heterocycles. The van der Waals surface area contributed by atoms with E-state index in [0.29, 0.717) is 13.1 Å². The van der Waals surface area contributed by atoms with Gasteiger partial charge in [-0.25, -0.2) is 9.80 Å². The standard InChI is InChI=1S/C19H22N4O/c1-13-4-7-15(8-5-13)18-16-12-14(2)6-9-17(16)22(3)19(24)23(21-18)11-10-20/h4-9,12H,10-11,20H2,1-3H3. The third-order valence-corrected chi connectivity index (χ3v) is 4.16. The molecule has 3 rings (SSSR count). The maximum absolute atomic E-state index is 12.7. The number of rotatable bonds is 3. The van der Waals surface area contributed by atoms with Crippen LogP contribution >= 0.6 is 0 Å². The van der Waals surface area contributed by atoms with Crippen LogP contribution in [0.3, 0.4) is 0 Å². The fraction of sp³-hybridized carbons (Fsp3) is 0.263. The number of nitrogens with two attached hydrogens (primary N) is 1. The molecule has 2 aromatic rings. The molecule has 1 aliphatic heterocycles. The first kappa shape index (κ1) is 16.2. The molecule has 24 heavy (non-hydrogen) atoms. The van der Waals surface area contributed by atoms with Crippen molar-refractivity contribution in [3.63, 3.8) is 0 Å². The average Bonchev–Trinajstić information content (AvgIpc) is 2.67. The zero-order chi connectivity index (χ0) is 17.3. The maximum Gasteiger partial charge on any atom is 0.344 e. The number of carbonyl (C=O) groups is 1. The highest BCUT2D eigenvalue weighted by Gasteiger charge is 2.27. The van der Waals surface area contributed by atoms with E-state index in [-0.39, 0.29) is 6.03 Å². The Morgan fingerprint density at radius 3 is 2.38 bits per heavy atom. The first-order chi connectivity index (χ1) is 11.5. The minimum Gasteiger partial charge on any atom is -0.329 e. The summed E-state index contributed by atoms with van der Waals surface area (Å²) >= 11 is 0. The number of nitrogens with zero attached hydrogens (tertiary/aromatic N) is 3. The van der Waals surface area contributed by atoms with Crippen LogP contribution in [0.15, 0.2) is 47.6 Å². The quantitative estimate of drug-likeness (QED) is 0.944. The van der Waals surface area contributed by atoms with Gasteiger partial charge in [-0.15, -0.1) is 0 Å². The normalized spacial score (nSPS) is 14.3. The fourth-order valence-corrected chi connectivity index (χ4v) is 2.82. The predicted molar refractivity (Wildman–Crippen MR) is 97.6 cm³/mol. The molecular formula is C19H22N4O. The number of benzene rings is 2. The molecule has 124 valence electrons. The Labute approximate surface area is 142 Å². The van der Waals surface area contributed by atoms with Crippen LogP contribution in [0.5, 0.6) is 0 Å². The van der Waals surface area contributed by atoms with Gasteiger partial charge in [0.25, 0.3) is 0 Å². The summed E-state index contributed by atoms with van der Waals surface area (Å²) in [5, 5.41) is 6.11. The van der Waals surface area contributed by atoms with Crippen LogP contribution in [0.25, 0.3) is 0 Å². The van der Waals surface area contributed by atoms with Crippen LogP contribution in [0, 0.1) is 13.8 Å². The SMILES string of the molecule is Cc1ccc(C2=NN(CCN)C(=O)N(C)c3ccc(C)cc32)cc1. The van der Waals surface area contributed by atoms with Crippen molar-refractivity contribution in [3.05, 3.63) is 64.7 Å².